The second-order valence-corrected chi connectivity index (χ2v) is 5.27. The van der Waals surface area contributed by atoms with Crippen molar-refractivity contribution in [2.24, 2.45) is 10.7 Å². The number of amides is 1. The quantitative estimate of drug-likeness (QED) is 0.456. The highest BCUT2D eigenvalue weighted by atomic mass is 127. The van der Waals surface area contributed by atoms with E-state index in [1.807, 2.05) is 16.8 Å². The van der Waals surface area contributed by atoms with Gasteiger partial charge in [0.05, 0.1) is 6.54 Å². The molecule has 2 aliphatic rings. The van der Waals surface area contributed by atoms with E-state index < -0.39 is 0 Å². The number of carbonyl (C=O) groups is 1. The molecule has 1 saturated heterocycles. The molecule has 0 spiro atoms. The molecule has 5 nitrogen and oxygen atoms in total. The van der Waals surface area contributed by atoms with E-state index >= 15 is 0 Å². The van der Waals surface area contributed by atoms with Gasteiger partial charge in [0.25, 0.3) is 0 Å². The van der Waals surface area contributed by atoms with Gasteiger partial charge in [-0.15, -0.1) is 24.0 Å². The van der Waals surface area contributed by atoms with Gasteiger partial charge in [-0.2, -0.15) is 0 Å². The predicted molar refractivity (Wildman–Crippen MR) is 87.7 cm³/mol. The Bertz CT molecular complexity index is 325. The second kappa shape index (κ2) is 7.91. The SMILES string of the molecule is CN(C(N)=NCCC(=O)N1CCCCC1)C1CC1.I. The first-order valence-electron chi connectivity index (χ1n) is 6.99. The zero-order valence-corrected chi connectivity index (χ0v) is 14.0. The van der Waals surface area contributed by atoms with Crippen LogP contribution in [0.15, 0.2) is 4.99 Å². The fraction of sp³-hybridized carbons (Fsp3) is 0.846. The van der Waals surface area contributed by atoms with Gasteiger partial charge in [0.15, 0.2) is 5.96 Å². The second-order valence-electron chi connectivity index (χ2n) is 5.27. The smallest absolute Gasteiger partial charge is 0.224 e. The summed E-state index contributed by atoms with van der Waals surface area (Å²) in [5.74, 6) is 0.796. The van der Waals surface area contributed by atoms with E-state index in [2.05, 4.69) is 4.99 Å². The maximum atomic E-state index is 11.9. The number of piperidine rings is 1. The summed E-state index contributed by atoms with van der Waals surface area (Å²) in [5, 5.41) is 0. The number of likely N-dealkylation sites (tertiary alicyclic amines) is 1. The van der Waals surface area contributed by atoms with E-state index in [1.165, 1.54) is 19.3 Å². The van der Waals surface area contributed by atoms with Gasteiger partial charge in [-0.05, 0) is 32.1 Å². The van der Waals surface area contributed by atoms with E-state index in [0.29, 0.717) is 25.0 Å². The van der Waals surface area contributed by atoms with E-state index in [9.17, 15) is 4.79 Å². The molecular formula is C13H25IN4O. The Morgan fingerprint density at radius 2 is 1.95 bits per heavy atom. The van der Waals surface area contributed by atoms with Crippen LogP contribution in [-0.2, 0) is 4.79 Å². The number of carbonyl (C=O) groups excluding carboxylic acids is 1. The van der Waals surface area contributed by atoms with Gasteiger partial charge in [-0.25, -0.2) is 0 Å². The van der Waals surface area contributed by atoms with Gasteiger partial charge in [0.1, 0.15) is 0 Å². The zero-order chi connectivity index (χ0) is 13.0. The van der Waals surface area contributed by atoms with Crippen LogP contribution < -0.4 is 5.73 Å². The molecule has 1 saturated carbocycles. The molecule has 2 fully saturated rings. The maximum absolute atomic E-state index is 11.9. The van der Waals surface area contributed by atoms with Crippen molar-refractivity contribution in [1.82, 2.24) is 9.80 Å². The molecule has 0 unspecified atom stereocenters. The number of nitrogens with zero attached hydrogens (tertiary/aromatic N) is 3. The molecule has 0 aromatic carbocycles. The summed E-state index contributed by atoms with van der Waals surface area (Å²) in [6.45, 7) is 2.35. The third-order valence-electron chi connectivity index (χ3n) is 3.76. The van der Waals surface area contributed by atoms with Crippen LogP contribution in [0.2, 0.25) is 0 Å². The van der Waals surface area contributed by atoms with Crippen molar-refractivity contribution in [3.63, 3.8) is 0 Å². The summed E-state index contributed by atoms with van der Waals surface area (Å²) in [5.41, 5.74) is 5.87. The highest BCUT2D eigenvalue weighted by molar-refractivity contribution is 14.0. The molecule has 6 heteroatoms. The molecular weight excluding hydrogens is 355 g/mol. The van der Waals surface area contributed by atoms with Crippen molar-refractivity contribution in [1.29, 1.82) is 0 Å². The van der Waals surface area contributed by atoms with Crippen molar-refractivity contribution < 1.29 is 4.79 Å². The Morgan fingerprint density at radius 3 is 2.53 bits per heavy atom. The average Bonchev–Trinajstić information content (AvgIpc) is 3.23. The van der Waals surface area contributed by atoms with Gasteiger partial charge in [-0.3, -0.25) is 9.79 Å². The standard InChI is InChI=1S/C13H24N4O.HI/c1-16(11-5-6-11)13(14)15-8-7-12(18)17-9-3-2-4-10-17;/h11H,2-10H2,1H3,(H2,14,15);1H. The fourth-order valence-corrected chi connectivity index (χ4v) is 2.33. The minimum absolute atomic E-state index is 0. The van der Waals surface area contributed by atoms with Crippen molar-refractivity contribution in [2.45, 2.75) is 44.6 Å². The molecule has 19 heavy (non-hydrogen) atoms. The summed E-state index contributed by atoms with van der Waals surface area (Å²) in [4.78, 5) is 20.2. The minimum Gasteiger partial charge on any atom is -0.370 e. The topological polar surface area (TPSA) is 61.9 Å². The summed E-state index contributed by atoms with van der Waals surface area (Å²) in [7, 11) is 1.98. The van der Waals surface area contributed by atoms with Crippen LogP contribution >= 0.6 is 24.0 Å². The van der Waals surface area contributed by atoms with Crippen molar-refractivity contribution in [2.75, 3.05) is 26.7 Å². The number of rotatable bonds is 4. The van der Waals surface area contributed by atoms with Gasteiger partial charge in [0, 0.05) is 32.6 Å². The first-order chi connectivity index (χ1) is 8.68. The first-order valence-corrected chi connectivity index (χ1v) is 6.99. The molecule has 0 aromatic rings. The van der Waals surface area contributed by atoms with Gasteiger partial charge in [-0.1, -0.05) is 0 Å². The van der Waals surface area contributed by atoms with Gasteiger partial charge >= 0.3 is 0 Å². The summed E-state index contributed by atoms with van der Waals surface area (Å²) in [6.07, 6.45) is 6.43. The number of guanidine groups is 1. The molecule has 0 aromatic heterocycles. The van der Waals surface area contributed by atoms with Crippen LogP contribution in [0.4, 0.5) is 0 Å². The molecule has 1 heterocycles. The van der Waals surface area contributed by atoms with E-state index in [4.69, 9.17) is 5.73 Å². The Labute approximate surface area is 132 Å². The monoisotopic (exact) mass is 380 g/mol. The van der Waals surface area contributed by atoms with E-state index in [-0.39, 0.29) is 29.9 Å². The van der Waals surface area contributed by atoms with Gasteiger partial charge in [0.2, 0.25) is 5.91 Å². The molecule has 0 atom stereocenters. The van der Waals surface area contributed by atoms with Crippen molar-refractivity contribution in [3.05, 3.63) is 0 Å². The zero-order valence-electron chi connectivity index (χ0n) is 11.7. The Morgan fingerprint density at radius 1 is 1.32 bits per heavy atom. The normalized spacial score (nSPS) is 19.8. The summed E-state index contributed by atoms with van der Waals surface area (Å²) in [6, 6.07) is 0.576. The Hall–Kier alpha value is -0.530. The third kappa shape index (κ3) is 5.16. The lowest BCUT2D eigenvalue weighted by Crippen LogP contribution is -2.37. The average molecular weight is 380 g/mol. The van der Waals surface area contributed by atoms with Crippen LogP contribution in [0.5, 0.6) is 0 Å². The lowest BCUT2D eigenvalue weighted by molar-refractivity contribution is -0.131. The lowest BCUT2D eigenvalue weighted by atomic mass is 10.1. The highest BCUT2D eigenvalue weighted by Crippen LogP contribution is 2.24. The molecule has 0 radical (unpaired) electrons. The maximum Gasteiger partial charge on any atom is 0.224 e. The minimum atomic E-state index is 0. The molecule has 1 amide bonds. The Balaban J connectivity index is 0.00000180. The summed E-state index contributed by atoms with van der Waals surface area (Å²) < 4.78 is 0. The fourth-order valence-electron chi connectivity index (χ4n) is 2.33. The van der Waals surface area contributed by atoms with Crippen molar-refractivity contribution >= 4 is 35.8 Å². The molecule has 1 aliphatic carbocycles. The van der Waals surface area contributed by atoms with E-state index in [0.717, 1.165) is 25.9 Å². The first kappa shape index (κ1) is 16.5. The van der Waals surface area contributed by atoms with Crippen LogP contribution in [0.1, 0.15) is 38.5 Å². The van der Waals surface area contributed by atoms with Crippen molar-refractivity contribution in [3.8, 4) is 0 Å². The van der Waals surface area contributed by atoms with Crippen LogP contribution in [0.3, 0.4) is 0 Å². The number of aliphatic imine (C=N–C) groups is 1. The van der Waals surface area contributed by atoms with Crippen LogP contribution in [0, 0.1) is 0 Å². The lowest BCUT2D eigenvalue weighted by Gasteiger charge is -2.26. The number of hydrogen-bond donors (Lipinski definition) is 1. The van der Waals surface area contributed by atoms with Crippen LogP contribution in [-0.4, -0.2) is 54.4 Å². The molecule has 2 N–H and O–H groups in total. The highest BCUT2D eigenvalue weighted by Gasteiger charge is 2.27. The molecule has 110 valence electrons. The number of hydrogen-bond acceptors (Lipinski definition) is 2. The number of nitrogens with two attached hydrogens (primary N) is 1. The van der Waals surface area contributed by atoms with Crippen LogP contribution in [0.25, 0.3) is 0 Å². The molecule has 0 bridgehead atoms. The number of halogens is 1. The molecule has 2 rings (SSSR count). The third-order valence-corrected chi connectivity index (χ3v) is 3.76. The predicted octanol–water partition coefficient (Wildman–Crippen LogP) is 1.42. The Kier molecular flexibility index (Phi) is 6.88. The molecule has 1 aliphatic heterocycles. The largest absolute Gasteiger partial charge is 0.370 e. The summed E-state index contributed by atoms with van der Waals surface area (Å²) >= 11 is 0. The van der Waals surface area contributed by atoms with Gasteiger partial charge < -0.3 is 15.5 Å². The van der Waals surface area contributed by atoms with E-state index in [1.54, 1.807) is 0 Å².